The van der Waals surface area contributed by atoms with Gasteiger partial charge in [0.25, 0.3) is 0 Å². The van der Waals surface area contributed by atoms with Gasteiger partial charge in [-0.1, -0.05) is 57.5 Å². The molecule has 2 amide bonds. The number of carbonyl (C=O) groups excluding carboxylic acids is 2. The molecule has 2 aromatic carbocycles. The molecule has 0 fully saturated rings. The highest BCUT2D eigenvalue weighted by atomic mass is 35.5. The minimum absolute atomic E-state index is 0.00609. The summed E-state index contributed by atoms with van der Waals surface area (Å²) >= 11 is 8.20. The van der Waals surface area contributed by atoms with Gasteiger partial charge in [0.15, 0.2) is 11.5 Å². The third kappa shape index (κ3) is 5.34. The summed E-state index contributed by atoms with van der Waals surface area (Å²) in [5.74, 6) is 1.73. The first kappa shape index (κ1) is 27.4. The first-order valence-corrected chi connectivity index (χ1v) is 14.5. The number of thioether (sulfide) groups is 1. The lowest BCUT2D eigenvalue weighted by Gasteiger charge is -2.25. The minimum Gasteiger partial charge on any atom is -0.454 e. The standard InChI is InChI=1S/C29H33ClN4O4S/c1-6-17(2)31-23(35)14-33-24(36)15-39-26(18-11-12-21-22(13-18)38-16-37-21)25-27(29(3,4)5)32-34(28(25)33)20-10-8-7-9-19(20)30/h7-13,17,26H,6,14-16H2,1-5H3,(H,31,35)/t17-,26+/m0/s1. The van der Waals surface area contributed by atoms with Crippen LogP contribution in [-0.2, 0) is 15.0 Å². The molecule has 0 saturated heterocycles. The smallest absolute Gasteiger partial charge is 0.240 e. The second kappa shape index (κ2) is 10.8. The van der Waals surface area contributed by atoms with Gasteiger partial charge >= 0.3 is 0 Å². The number of amides is 2. The summed E-state index contributed by atoms with van der Waals surface area (Å²) in [7, 11) is 0. The number of hydrogen-bond acceptors (Lipinski definition) is 6. The van der Waals surface area contributed by atoms with Crippen LogP contribution in [0.2, 0.25) is 5.02 Å². The fraction of sp³-hybridized carbons (Fsp3) is 0.414. The first-order chi connectivity index (χ1) is 18.6. The molecule has 10 heteroatoms. The van der Waals surface area contributed by atoms with Crippen LogP contribution in [-0.4, -0.2) is 46.7 Å². The van der Waals surface area contributed by atoms with Crippen molar-refractivity contribution in [3.63, 3.8) is 0 Å². The Bertz CT molecular complexity index is 1420. The average molecular weight is 569 g/mol. The predicted octanol–water partition coefficient (Wildman–Crippen LogP) is 5.64. The molecule has 2 aliphatic rings. The monoisotopic (exact) mass is 568 g/mol. The van der Waals surface area contributed by atoms with Gasteiger partial charge in [-0.3, -0.25) is 14.5 Å². The fourth-order valence-corrected chi connectivity index (χ4v) is 6.17. The summed E-state index contributed by atoms with van der Waals surface area (Å²) in [4.78, 5) is 28.5. The Morgan fingerprint density at radius 3 is 2.67 bits per heavy atom. The van der Waals surface area contributed by atoms with Crippen LogP contribution in [0.5, 0.6) is 11.5 Å². The van der Waals surface area contributed by atoms with Gasteiger partial charge in [0.05, 0.1) is 27.4 Å². The SMILES string of the molecule is CC[C@H](C)NC(=O)CN1C(=O)CS[C@H](c2ccc3c(c2)OCO3)c2c(C(C)(C)C)nn(-c3ccccc3Cl)c21. The van der Waals surface area contributed by atoms with Crippen molar-refractivity contribution in [3.8, 4) is 17.2 Å². The summed E-state index contributed by atoms with van der Waals surface area (Å²) in [5.41, 5.74) is 2.95. The Hall–Kier alpha value is -3.17. The van der Waals surface area contributed by atoms with E-state index in [1.54, 1.807) is 15.6 Å². The van der Waals surface area contributed by atoms with Crippen LogP contribution < -0.4 is 19.7 Å². The van der Waals surface area contributed by atoms with E-state index in [9.17, 15) is 9.59 Å². The van der Waals surface area contributed by atoms with Crippen LogP contribution >= 0.6 is 23.4 Å². The Morgan fingerprint density at radius 1 is 1.21 bits per heavy atom. The van der Waals surface area contributed by atoms with Crippen LogP contribution in [0.25, 0.3) is 5.69 Å². The summed E-state index contributed by atoms with van der Waals surface area (Å²) in [6.45, 7) is 10.3. The molecule has 3 aromatic rings. The highest BCUT2D eigenvalue weighted by molar-refractivity contribution is 8.00. The molecule has 0 spiro atoms. The molecule has 0 bridgehead atoms. The number of ether oxygens (including phenoxy) is 2. The van der Waals surface area contributed by atoms with Crippen molar-refractivity contribution in [3.05, 3.63) is 64.3 Å². The molecule has 0 radical (unpaired) electrons. The molecule has 39 heavy (non-hydrogen) atoms. The van der Waals surface area contributed by atoms with Crippen LogP contribution in [0.15, 0.2) is 42.5 Å². The average Bonchev–Trinajstić information content (AvgIpc) is 3.49. The number of aromatic nitrogens is 2. The highest BCUT2D eigenvalue weighted by Crippen LogP contribution is 2.50. The Kier molecular flexibility index (Phi) is 7.57. The third-order valence-electron chi connectivity index (χ3n) is 6.90. The number of halogens is 1. The van der Waals surface area contributed by atoms with E-state index in [2.05, 4.69) is 26.1 Å². The van der Waals surface area contributed by atoms with Gasteiger partial charge in [0.1, 0.15) is 12.4 Å². The number of nitrogens with one attached hydrogen (secondary N) is 1. The summed E-state index contributed by atoms with van der Waals surface area (Å²) in [6, 6.07) is 13.3. The molecule has 2 aliphatic heterocycles. The van der Waals surface area contributed by atoms with Gasteiger partial charge in [-0.05, 0) is 43.2 Å². The molecule has 0 aliphatic carbocycles. The molecular weight excluding hydrogens is 536 g/mol. The second-order valence-corrected chi connectivity index (χ2v) is 12.4. The molecule has 2 atom stereocenters. The number of hydrogen-bond donors (Lipinski definition) is 1. The lowest BCUT2D eigenvalue weighted by atomic mass is 9.87. The number of benzene rings is 2. The summed E-state index contributed by atoms with van der Waals surface area (Å²) in [5, 5.41) is 8.34. The predicted molar refractivity (Wildman–Crippen MR) is 154 cm³/mol. The third-order valence-corrected chi connectivity index (χ3v) is 8.48. The van der Waals surface area contributed by atoms with E-state index < -0.39 is 0 Å². The van der Waals surface area contributed by atoms with Crippen molar-refractivity contribution >= 4 is 41.0 Å². The topological polar surface area (TPSA) is 85.7 Å². The molecule has 8 nitrogen and oxygen atoms in total. The zero-order valence-corrected chi connectivity index (χ0v) is 24.4. The van der Waals surface area contributed by atoms with Gasteiger partial charge in [0, 0.05) is 17.0 Å². The molecule has 206 valence electrons. The van der Waals surface area contributed by atoms with Crippen molar-refractivity contribution in [2.45, 2.75) is 57.7 Å². The molecule has 0 unspecified atom stereocenters. The van der Waals surface area contributed by atoms with Gasteiger partial charge < -0.3 is 14.8 Å². The lowest BCUT2D eigenvalue weighted by Crippen LogP contribution is -2.44. The Balaban J connectivity index is 1.75. The first-order valence-electron chi connectivity index (χ1n) is 13.1. The van der Waals surface area contributed by atoms with E-state index in [1.165, 1.54) is 11.8 Å². The Morgan fingerprint density at radius 2 is 1.95 bits per heavy atom. The fourth-order valence-electron chi connectivity index (χ4n) is 4.77. The van der Waals surface area contributed by atoms with Gasteiger partial charge in [-0.25, -0.2) is 4.68 Å². The maximum atomic E-state index is 13.8. The van der Waals surface area contributed by atoms with Crippen molar-refractivity contribution in [1.29, 1.82) is 0 Å². The highest BCUT2D eigenvalue weighted by Gasteiger charge is 2.40. The van der Waals surface area contributed by atoms with Crippen LogP contribution in [0.4, 0.5) is 5.82 Å². The van der Waals surface area contributed by atoms with Crippen LogP contribution in [0.1, 0.15) is 63.1 Å². The van der Waals surface area contributed by atoms with Crippen molar-refractivity contribution in [2.24, 2.45) is 0 Å². The van der Waals surface area contributed by atoms with E-state index in [0.717, 1.165) is 23.2 Å². The van der Waals surface area contributed by atoms with Crippen LogP contribution in [0, 0.1) is 0 Å². The number of fused-ring (bicyclic) bond motifs is 2. The number of rotatable bonds is 6. The molecule has 1 N–H and O–H groups in total. The Labute approximate surface area is 238 Å². The number of nitrogens with zero attached hydrogens (tertiary/aromatic N) is 3. The molecule has 5 rings (SSSR count). The largest absolute Gasteiger partial charge is 0.454 e. The number of para-hydroxylation sites is 1. The van der Waals surface area contributed by atoms with Gasteiger partial charge in [-0.15, -0.1) is 11.8 Å². The molecule has 1 aromatic heterocycles. The van der Waals surface area contributed by atoms with E-state index in [4.69, 9.17) is 26.2 Å². The maximum absolute atomic E-state index is 13.8. The van der Waals surface area contributed by atoms with E-state index in [1.807, 2.05) is 50.2 Å². The second-order valence-electron chi connectivity index (χ2n) is 10.9. The van der Waals surface area contributed by atoms with Gasteiger partial charge in [0.2, 0.25) is 18.6 Å². The normalized spacial score (nSPS) is 17.5. The van der Waals surface area contributed by atoms with Crippen molar-refractivity contribution in [2.75, 3.05) is 24.0 Å². The summed E-state index contributed by atoms with van der Waals surface area (Å²) in [6.07, 6.45) is 0.790. The molecular formula is C29H33ClN4O4S. The van der Waals surface area contributed by atoms with Crippen molar-refractivity contribution < 1.29 is 19.1 Å². The number of carbonyl (C=O) groups is 2. The van der Waals surface area contributed by atoms with E-state index in [0.29, 0.717) is 28.0 Å². The maximum Gasteiger partial charge on any atom is 0.240 e. The van der Waals surface area contributed by atoms with Gasteiger partial charge in [-0.2, -0.15) is 5.10 Å². The van der Waals surface area contributed by atoms with E-state index >= 15 is 0 Å². The quantitative estimate of drug-likeness (QED) is 0.414. The lowest BCUT2D eigenvalue weighted by molar-refractivity contribution is -0.123. The van der Waals surface area contributed by atoms with E-state index in [-0.39, 0.29) is 47.6 Å². The number of anilines is 1. The molecule has 0 saturated carbocycles. The van der Waals surface area contributed by atoms with Crippen LogP contribution in [0.3, 0.4) is 0 Å². The molecule has 3 heterocycles. The zero-order valence-electron chi connectivity index (χ0n) is 22.8. The zero-order chi connectivity index (χ0) is 27.9. The summed E-state index contributed by atoms with van der Waals surface area (Å²) < 4.78 is 13.0. The minimum atomic E-state index is -0.371. The van der Waals surface area contributed by atoms with Crippen molar-refractivity contribution in [1.82, 2.24) is 15.1 Å².